The van der Waals surface area contributed by atoms with E-state index in [1.165, 1.54) is 0 Å². The highest BCUT2D eigenvalue weighted by molar-refractivity contribution is 5.46. The van der Waals surface area contributed by atoms with Gasteiger partial charge >= 0.3 is 0 Å². The number of hydrogen-bond acceptors (Lipinski definition) is 3. The summed E-state index contributed by atoms with van der Waals surface area (Å²) in [4.78, 5) is 0. The molecule has 1 N–H and O–H groups in total. The predicted octanol–water partition coefficient (Wildman–Crippen LogP) is 2.82. The predicted molar refractivity (Wildman–Crippen MR) is 72.8 cm³/mol. The van der Waals surface area contributed by atoms with Crippen LogP contribution in [0.15, 0.2) is 48.5 Å². The fourth-order valence-corrected chi connectivity index (χ4v) is 2.09. The fraction of sp³-hybridized carbons (Fsp3) is 0.188. The Kier molecular flexibility index (Phi) is 3.55. The highest BCUT2D eigenvalue weighted by Crippen LogP contribution is 2.35. The lowest BCUT2D eigenvalue weighted by Gasteiger charge is -2.26. The molecule has 0 bridgehead atoms. The second-order valence-electron chi connectivity index (χ2n) is 4.47. The highest BCUT2D eigenvalue weighted by Gasteiger charge is 2.28. The van der Waals surface area contributed by atoms with E-state index in [1.54, 1.807) is 44.4 Å². The number of aliphatic hydroxyl groups is 1. The molecular formula is C16H15NO2. The van der Waals surface area contributed by atoms with E-state index in [1.807, 2.05) is 18.2 Å². The van der Waals surface area contributed by atoms with Crippen molar-refractivity contribution in [1.29, 1.82) is 5.26 Å². The van der Waals surface area contributed by atoms with Crippen LogP contribution < -0.4 is 4.74 Å². The summed E-state index contributed by atoms with van der Waals surface area (Å²) in [5.74, 6) is 0.620. The molecule has 1 atom stereocenters. The van der Waals surface area contributed by atoms with E-state index in [-0.39, 0.29) is 0 Å². The minimum atomic E-state index is -1.21. The van der Waals surface area contributed by atoms with Crippen LogP contribution in [0.5, 0.6) is 5.75 Å². The first-order chi connectivity index (χ1) is 9.09. The summed E-state index contributed by atoms with van der Waals surface area (Å²) in [6.07, 6.45) is 0. The number of nitriles is 1. The summed E-state index contributed by atoms with van der Waals surface area (Å²) in [5, 5.41) is 19.7. The maximum absolute atomic E-state index is 10.8. The Balaban J connectivity index is 2.55. The molecule has 0 saturated carbocycles. The van der Waals surface area contributed by atoms with Crippen LogP contribution >= 0.6 is 0 Å². The average molecular weight is 253 g/mol. The van der Waals surface area contributed by atoms with Gasteiger partial charge in [-0.3, -0.25) is 0 Å². The SMILES string of the molecule is COc1ccccc1C(C)(O)c1cccc(C#N)c1. The minimum Gasteiger partial charge on any atom is -0.496 e. The maximum Gasteiger partial charge on any atom is 0.125 e. The molecule has 2 rings (SSSR count). The number of benzene rings is 2. The molecule has 0 aliphatic carbocycles. The molecule has 96 valence electrons. The summed E-state index contributed by atoms with van der Waals surface area (Å²) in [6, 6.07) is 16.4. The smallest absolute Gasteiger partial charge is 0.125 e. The number of nitrogens with zero attached hydrogens (tertiary/aromatic N) is 1. The van der Waals surface area contributed by atoms with Gasteiger partial charge in [0.2, 0.25) is 0 Å². The Morgan fingerprint density at radius 1 is 1.16 bits per heavy atom. The lowest BCUT2D eigenvalue weighted by Crippen LogP contribution is -2.23. The minimum absolute atomic E-state index is 0.521. The molecule has 0 radical (unpaired) electrons. The van der Waals surface area contributed by atoms with Crippen molar-refractivity contribution in [3.63, 3.8) is 0 Å². The van der Waals surface area contributed by atoms with Gasteiger partial charge in [0.25, 0.3) is 0 Å². The van der Waals surface area contributed by atoms with E-state index in [4.69, 9.17) is 10.00 Å². The Labute approximate surface area is 112 Å². The van der Waals surface area contributed by atoms with Crippen molar-refractivity contribution in [2.45, 2.75) is 12.5 Å². The third-order valence-electron chi connectivity index (χ3n) is 3.19. The first-order valence-electron chi connectivity index (χ1n) is 5.96. The van der Waals surface area contributed by atoms with Gasteiger partial charge in [-0.1, -0.05) is 30.3 Å². The van der Waals surface area contributed by atoms with Gasteiger partial charge in [-0.25, -0.2) is 0 Å². The first kappa shape index (κ1) is 13.1. The lowest BCUT2D eigenvalue weighted by molar-refractivity contribution is 0.0989. The zero-order valence-electron chi connectivity index (χ0n) is 10.9. The Bertz CT molecular complexity index is 627. The van der Waals surface area contributed by atoms with Gasteiger partial charge in [-0.15, -0.1) is 0 Å². The molecule has 2 aromatic carbocycles. The molecule has 0 aliphatic heterocycles. The van der Waals surface area contributed by atoms with Crippen molar-refractivity contribution in [3.8, 4) is 11.8 Å². The van der Waals surface area contributed by atoms with Crippen LogP contribution in [0, 0.1) is 11.3 Å². The van der Waals surface area contributed by atoms with Crippen LogP contribution in [0.25, 0.3) is 0 Å². The molecular weight excluding hydrogens is 238 g/mol. The van der Waals surface area contributed by atoms with Crippen molar-refractivity contribution in [2.75, 3.05) is 7.11 Å². The quantitative estimate of drug-likeness (QED) is 0.915. The second-order valence-corrected chi connectivity index (χ2v) is 4.47. The van der Waals surface area contributed by atoms with Crippen LogP contribution in [0.4, 0.5) is 0 Å². The van der Waals surface area contributed by atoms with Crippen molar-refractivity contribution >= 4 is 0 Å². The van der Waals surface area contributed by atoms with E-state index >= 15 is 0 Å². The fourth-order valence-electron chi connectivity index (χ4n) is 2.09. The Morgan fingerprint density at radius 3 is 2.58 bits per heavy atom. The molecule has 0 amide bonds. The number of rotatable bonds is 3. The van der Waals surface area contributed by atoms with E-state index in [9.17, 15) is 5.11 Å². The Morgan fingerprint density at radius 2 is 1.89 bits per heavy atom. The van der Waals surface area contributed by atoms with E-state index in [2.05, 4.69) is 6.07 Å². The molecule has 3 heteroatoms. The lowest BCUT2D eigenvalue weighted by atomic mass is 9.87. The molecule has 19 heavy (non-hydrogen) atoms. The molecule has 2 aromatic rings. The van der Waals surface area contributed by atoms with Gasteiger partial charge in [0, 0.05) is 5.56 Å². The van der Waals surface area contributed by atoms with Gasteiger partial charge in [-0.2, -0.15) is 5.26 Å². The van der Waals surface area contributed by atoms with Gasteiger partial charge < -0.3 is 9.84 Å². The molecule has 0 aromatic heterocycles. The highest BCUT2D eigenvalue weighted by atomic mass is 16.5. The maximum atomic E-state index is 10.8. The zero-order valence-corrected chi connectivity index (χ0v) is 10.9. The summed E-state index contributed by atoms with van der Waals surface area (Å²) in [7, 11) is 1.57. The third-order valence-corrected chi connectivity index (χ3v) is 3.19. The third kappa shape index (κ3) is 2.44. The van der Waals surface area contributed by atoms with Gasteiger partial charge in [0.15, 0.2) is 0 Å². The molecule has 3 nitrogen and oxygen atoms in total. The molecule has 0 aliphatic rings. The first-order valence-corrected chi connectivity index (χ1v) is 5.96. The number of para-hydroxylation sites is 1. The summed E-state index contributed by atoms with van der Waals surface area (Å²) < 4.78 is 5.28. The van der Waals surface area contributed by atoms with E-state index < -0.39 is 5.60 Å². The summed E-state index contributed by atoms with van der Waals surface area (Å²) >= 11 is 0. The van der Waals surface area contributed by atoms with Crippen molar-refractivity contribution in [2.24, 2.45) is 0 Å². The summed E-state index contributed by atoms with van der Waals surface area (Å²) in [6.45, 7) is 1.70. The van der Waals surface area contributed by atoms with Gasteiger partial charge in [0.05, 0.1) is 18.7 Å². The zero-order chi connectivity index (χ0) is 13.9. The molecule has 0 heterocycles. The molecule has 1 unspecified atom stereocenters. The normalized spacial score (nSPS) is 13.4. The largest absolute Gasteiger partial charge is 0.496 e. The molecule has 0 fully saturated rings. The standard InChI is InChI=1S/C16H15NO2/c1-16(18,13-7-5-6-12(10-13)11-17)14-8-3-4-9-15(14)19-2/h3-10,18H,1-2H3. The van der Waals surface area contributed by atoms with Gasteiger partial charge in [-0.05, 0) is 30.7 Å². The molecule has 0 saturated heterocycles. The number of ether oxygens (including phenoxy) is 1. The topological polar surface area (TPSA) is 53.2 Å². The van der Waals surface area contributed by atoms with Crippen molar-refractivity contribution < 1.29 is 9.84 Å². The van der Waals surface area contributed by atoms with Crippen LogP contribution in [-0.4, -0.2) is 12.2 Å². The van der Waals surface area contributed by atoms with Crippen LogP contribution in [0.1, 0.15) is 23.6 Å². The summed E-state index contributed by atoms with van der Waals surface area (Å²) in [5.41, 5.74) is 0.649. The van der Waals surface area contributed by atoms with Crippen LogP contribution in [-0.2, 0) is 5.60 Å². The van der Waals surface area contributed by atoms with Gasteiger partial charge in [0.1, 0.15) is 11.4 Å². The van der Waals surface area contributed by atoms with Crippen molar-refractivity contribution in [1.82, 2.24) is 0 Å². The van der Waals surface area contributed by atoms with E-state index in [0.29, 0.717) is 22.4 Å². The van der Waals surface area contributed by atoms with E-state index in [0.717, 1.165) is 0 Å². The number of methoxy groups -OCH3 is 1. The van der Waals surface area contributed by atoms with Crippen LogP contribution in [0.2, 0.25) is 0 Å². The Hall–Kier alpha value is -2.31. The van der Waals surface area contributed by atoms with Crippen LogP contribution in [0.3, 0.4) is 0 Å². The second kappa shape index (κ2) is 5.13. The average Bonchev–Trinajstić information content (AvgIpc) is 2.47. The molecule has 0 spiro atoms. The monoisotopic (exact) mass is 253 g/mol. The number of hydrogen-bond donors (Lipinski definition) is 1. The van der Waals surface area contributed by atoms with Crippen molar-refractivity contribution in [3.05, 3.63) is 65.2 Å².